The Morgan fingerprint density at radius 2 is 1.88 bits per heavy atom. The van der Waals surface area contributed by atoms with Crippen molar-refractivity contribution in [2.75, 3.05) is 11.9 Å². The van der Waals surface area contributed by atoms with Crippen LogP contribution in [0.15, 0.2) is 24.3 Å². The van der Waals surface area contributed by atoms with Crippen molar-refractivity contribution in [1.82, 2.24) is 0 Å². The highest BCUT2D eigenvalue weighted by molar-refractivity contribution is 5.94. The number of nitrogens with zero attached hydrogens (tertiary/aromatic N) is 1. The number of rotatable bonds is 5. The maximum atomic E-state index is 11.1. The molecule has 0 amide bonds. The standard InChI is InChI=1S/C14H21NO2/c1-10(2)9-11(3)15(4)13-8-6-5-7-12(13)14(16)17/h5-8,10-11H,9H2,1-4H3,(H,16,17). The lowest BCUT2D eigenvalue weighted by Gasteiger charge is -2.29. The van der Waals surface area contributed by atoms with E-state index in [1.54, 1.807) is 12.1 Å². The molecule has 0 heterocycles. The third-order valence-corrected chi connectivity index (χ3v) is 2.99. The molecule has 0 aliphatic carbocycles. The highest BCUT2D eigenvalue weighted by Gasteiger charge is 2.17. The van der Waals surface area contributed by atoms with Crippen LogP contribution in [0, 0.1) is 5.92 Å². The second-order valence-corrected chi connectivity index (χ2v) is 4.91. The van der Waals surface area contributed by atoms with E-state index >= 15 is 0 Å². The molecular formula is C14H21NO2. The summed E-state index contributed by atoms with van der Waals surface area (Å²) in [7, 11) is 1.95. The fourth-order valence-electron chi connectivity index (χ4n) is 2.04. The minimum Gasteiger partial charge on any atom is -0.478 e. The fraction of sp³-hybridized carbons (Fsp3) is 0.500. The minimum absolute atomic E-state index is 0.329. The van der Waals surface area contributed by atoms with E-state index in [1.807, 2.05) is 24.1 Å². The van der Waals surface area contributed by atoms with Gasteiger partial charge in [-0.1, -0.05) is 26.0 Å². The van der Waals surface area contributed by atoms with Crippen LogP contribution in [-0.4, -0.2) is 24.2 Å². The van der Waals surface area contributed by atoms with Crippen molar-refractivity contribution in [2.45, 2.75) is 33.2 Å². The van der Waals surface area contributed by atoms with Gasteiger partial charge in [0.15, 0.2) is 0 Å². The summed E-state index contributed by atoms with van der Waals surface area (Å²) in [6.07, 6.45) is 1.05. The summed E-state index contributed by atoms with van der Waals surface area (Å²) >= 11 is 0. The van der Waals surface area contributed by atoms with Crippen LogP contribution in [0.1, 0.15) is 37.6 Å². The van der Waals surface area contributed by atoms with Gasteiger partial charge in [0.05, 0.1) is 11.3 Å². The number of hydrogen-bond donors (Lipinski definition) is 1. The van der Waals surface area contributed by atoms with Crippen molar-refractivity contribution in [3.8, 4) is 0 Å². The maximum Gasteiger partial charge on any atom is 0.337 e. The van der Waals surface area contributed by atoms with E-state index in [-0.39, 0.29) is 0 Å². The molecule has 3 heteroatoms. The summed E-state index contributed by atoms with van der Waals surface area (Å²) in [5.41, 5.74) is 1.15. The second-order valence-electron chi connectivity index (χ2n) is 4.91. The van der Waals surface area contributed by atoms with Crippen molar-refractivity contribution < 1.29 is 9.90 Å². The average molecular weight is 235 g/mol. The van der Waals surface area contributed by atoms with Crippen LogP contribution in [0.25, 0.3) is 0 Å². The topological polar surface area (TPSA) is 40.5 Å². The van der Waals surface area contributed by atoms with Gasteiger partial charge in [0.2, 0.25) is 0 Å². The number of carboxylic acid groups (broad SMARTS) is 1. The third-order valence-electron chi connectivity index (χ3n) is 2.99. The average Bonchev–Trinajstić information content (AvgIpc) is 2.27. The molecule has 0 bridgehead atoms. The number of para-hydroxylation sites is 1. The van der Waals surface area contributed by atoms with Crippen LogP contribution in [-0.2, 0) is 0 Å². The Kier molecular flexibility index (Phi) is 4.55. The third kappa shape index (κ3) is 3.48. The molecule has 1 N–H and O–H groups in total. The molecule has 94 valence electrons. The number of benzene rings is 1. The SMILES string of the molecule is CC(C)CC(C)N(C)c1ccccc1C(=O)O. The molecular weight excluding hydrogens is 214 g/mol. The molecule has 0 spiro atoms. The Bertz CT molecular complexity index is 388. The first kappa shape index (κ1) is 13.6. The Morgan fingerprint density at radius 1 is 1.29 bits per heavy atom. The highest BCUT2D eigenvalue weighted by Crippen LogP contribution is 2.23. The minimum atomic E-state index is -0.871. The van der Waals surface area contributed by atoms with Gasteiger partial charge < -0.3 is 10.0 Å². The van der Waals surface area contributed by atoms with Gasteiger partial charge in [-0.3, -0.25) is 0 Å². The summed E-state index contributed by atoms with van der Waals surface area (Å²) in [4.78, 5) is 13.2. The summed E-state index contributed by atoms with van der Waals surface area (Å²) in [6, 6.07) is 7.47. The van der Waals surface area contributed by atoms with E-state index in [4.69, 9.17) is 5.11 Å². The molecule has 0 aliphatic heterocycles. The van der Waals surface area contributed by atoms with E-state index in [0.29, 0.717) is 17.5 Å². The molecule has 1 unspecified atom stereocenters. The molecule has 17 heavy (non-hydrogen) atoms. The van der Waals surface area contributed by atoms with Gasteiger partial charge in [-0.25, -0.2) is 4.79 Å². The Balaban J connectivity index is 2.95. The van der Waals surface area contributed by atoms with Crippen molar-refractivity contribution >= 4 is 11.7 Å². The highest BCUT2D eigenvalue weighted by atomic mass is 16.4. The van der Waals surface area contributed by atoms with Crippen LogP contribution in [0.5, 0.6) is 0 Å². The summed E-state index contributed by atoms with van der Waals surface area (Å²) in [5.74, 6) is -0.270. The predicted molar refractivity (Wildman–Crippen MR) is 70.7 cm³/mol. The molecule has 1 aromatic carbocycles. The number of carbonyl (C=O) groups is 1. The monoisotopic (exact) mass is 235 g/mol. The van der Waals surface area contributed by atoms with Gasteiger partial charge in [-0.15, -0.1) is 0 Å². The van der Waals surface area contributed by atoms with Crippen LogP contribution in [0.4, 0.5) is 5.69 Å². The molecule has 0 saturated heterocycles. The lowest BCUT2D eigenvalue weighted by Crippen LogP contribution is -2.31. The normalized spacial score (nSPS) is 12.5. The Labute approximate surface area is 103 Å². The number of anilines is 1. The molecule has 0 fully saturated rings. The molecule has 0 aromatic heterocycles. The van der Waals surface area contributed by atoms with E-state index < -0.39 is 5.97 Å². The number of aromatic carboxylic acids is 1. The van der Waals surface area contributed by atoms with E-state index in [9.17, 15) is 4.79 Å². The van der Waals surface area contributed by atoms with Crippen LogP contribution >= 0.6 is 0 Å². The summed E-state index contributed by atoms with van der Waals surface area (Å²) in [6.45, 7) is 6.47. The first-order valence-corrected chi connectivity index (χ1v) is 5.98. The largest absolute Gasteiger partial charge is 0.478 e. The smallest absolute Gasteiger partial charge is 0.337 e. The van der Waals surface area contributed by atoms with Crippen molar-refractivity contribution in [1.29, 1.82) is 0 Å². The van der Waals surface area contributed by atoms with Gasteiger partial charge >= 0.3 is 5.97 Å². The van der Waals surface area contributed by atoms with Gasteiger partial charge in [0.25, 0.3) is 0 Å². The van der Waals surface area contributed by atoms with Crippen LogP contribution in [0.3, 0.4) is 0 Å². The summed E-state index contributed by atoms with van der Waals surface area (Å²) in [5, 5.41) is 9.15. The van der Waals surface area contributed by atoms with Crippen LogP contribution in [0.2, 0.25) is 0 Å². The number of carboxylic acids is 1. The van der Waals surface area contributed by atoms with Crippen molar-refractivity contribution in [3.63, 3.8) is 0 Å². The molecule has 0 saturated carbocycles. The van der Waals surface area contributed by atoms with E-state index in [2.05, 4.69) is 20.8 Å². The van der Waals surface area contributed by atoms with E-state index in [1.165, 1.54) is 0 Å². The Hall–Kier alpha value is -1.51. The van der Waals surface area contributed by atoms with Gasteiger partial charge in [0.1, 0.15) is 0 Å². The molecule has 0 aliphatic rings. The lowest BCUT2D eigenvalue weighted by atomic mass is 10.0. The van der Waals surface area contributed by atoms with Crippen molar-refractivity contribution in [3.05, 3.63) is 29.8 Å². The quantitative estimate of drug-likeness (QED) is 0.851. The molecule has 0 radical (unpaired) electrons. The first-order chi connectivity index (χ1) is 7.93. The van der Waals surface area contributed by atoms with Crippen LogP contribution < -0.4 is 4.90 Å². The van der Waals surface area contributed by atoms with Crippen molar-refractivity contribution in [2.24, 2.45) is 5.92 Å². The van der Waals surface area contributed by atoms with Gasteiger partial charge in [0, 0.05) is 13.1 Å². The number of hydrogen-bond acceptors (Lipinski definition) is 2. The predicted octanol–water partition coefficient (Wildman–Crippen LogP) is 3.26. The first-order valence-electron chi connectivity index (χ1n) is 5.98. The van der Waals surface area contributed by atoms with Gasteiger partial charge in [-0.05, 0) is 31.4 Å². The summed E-state index contributed by atoms with van der Waals surface area (Å²) < 4.78 is 0. The zero-order valence-electron chi connectivity index (χ0n) is 11.0. The molecule has 1 atom stereocenters. The Morgan fingerprint density at radius 3 is 2.41 bits per heavy atom. The van der Waals surface area contributed by atoms with Gasteiger partial charge in [-0.2, -0.15) is 0 Å². The second kappa shape index (κ2) is 5.71. The fourth-order valence-corrected chi connectivity index (χ4v) is 2.04. The molecule has 1 rings (SSSR count). The maximum absolute atomic E-state index is 11.1. The lowest BCUT2D eigenvalue weighted by molar-refractivity contribution is 0.0697. The molecule has 3 nitrogen and oxygen atoms in total. The zero-order valence-corrected chi connectivity index (χ0v) is 11.0. The molecule has 1 aromatic rings. The van der Waals surface area contributed by atoms with E-state index in [0.717, 1.165) is 12.1 Å². The zero-order chi connectivity index (χ0) is 13.0.